The van der Waals surface area contributed by atoms with Gasteiger partial charge in [-0.25, -0.2) is 0 Å². The Kier molecular flexibility index (Phi) is 4.22. The lowest BCUT2D eigenvalue weighted by atomic mass is 10.0. The maximum Gasteiger partial charge on any atom is 0.231 e. The molecule has 0 aliphatic heterocycles. The van der Waals surface area contributed by atoms with E-state index in [2.05, 4.69) is 4.90 Å². The largest absolute Gasteiger partial charge is 0.393 e. The molecule has 1 amide bonds. The van der Waals surface area contributed by atoms with Crippen molar-refractivity contribution < 1.29 is 4.79 Å². The van der Waals surface area contributed by atoms with Crippen LogP contribution in [0.25, 0.3) is 0 Å². The van der Waals surface area contributed by atoms with Gasteiger partial charge >= 0.3 is 0 Å². The van der Waals surface area contributed by atoms with Gasteiger partial charge in [-0.1, -0.05) is 25.1 Å². The summed E-state index contributed by atoms with van der Waals surface area (Å²) in [6.45, 7) is 1.31. The van der Waals surface area contributed by atoms with Crippen molar-refractivity contribution in [2.24, 2.45) is 16.9 Å². The lowest BCUT2D eigenvalue weighted by Gasteiger charge is -2.31. The highest BCUT2D eigenvalue weighted by molar-refractivity contribution is 7.80. The van der Waals surface area contributed by atoms with Crippen LogP contribution < -0.4 is 11.5 Å². The summed E-state index contributed by atoms with van der Waals surface area (Å²) >= 11 is 5.03. The highest BCUT2D eigenvalue weighted by Crippen LogP contribution is 2.50. The first-order valence-corrected chi connectivity index (χ1v) is 7.22. The SMILES string of the molecule is NC(=O)CN(CC1(CC(N)=S)CC1)C1CCCC1. The van der Waals surface area contributed by atoms with E-state index in [1.165, 1.54) is 38.5 Å². The highest BCUT2D eigenvalue weighted by atomic mass is 32.1. The monoisotopic (exact) mass is 269 g/mol. The van der Waals surface area contributed by atoms with Gasteiger partial charge in [0.15, 0.2) is 0 Å². The summed E-state index contributed by atoms with van der Waals surface area (Å²) in [7, 11) is 0. The van der Waals surface area contributed by atoms with Crippen LogP contribution in [0.3, 0.4) is 0 Å². The van der Waals surface area contributed by atoms with Crippen molar-refractivity contribution >= 4 is 23.1 Å². The van der Waals surface area contributed by atoms with Gasteiger partial charge in [0.2, 0.25) is 5.91 Å². The summed E-state index contributed by atoms with van der Waals surface area (Å²) in [5.41, 5.74) is 11.3. The first-order chi connectivity index (χ1) is 8.51. The van der Waals surface area contributed by atoms with Crippen LogP contribution >= 0.6 is 12.2 Å². The fourth-order valence-electron chi connectivity index (χ4n) is 3.15. The Morgan fingerprint density at radius 1 is 1.28 bits per heavy atom. The molecule has 2 saturated carbocycles. The van der Waals surface area contributed by atoms with Crippen molar-refractivity contribution in [2.75, 3.05) is 13.1 Å². The van der Waals surface area contributed by atoms with E-state index in [1.54, 1.807) is 0 Å². The van der Waals surface area contributed by atoms with E-state index in [9.17, 15) is 4.79 Å². The second kappa shape index (κ2) is 5.53. The normalized spacial score (nSPS) is 22.3. The van der Waals surface area contributed by atoms with Gasteiger partial charge in [-0.05, 0) is 31.1 Å². The number of nitrogens with zero attached hydrogens (tertiary/aromatic N) is 1. The van der Waals surface area contributed by atoms with Crippen LogP contribution in [0, 0.1) is 5.41 Å². The number of amides is 1. The number of carbonyl (C=O) groups excluding carboxylic acids is 1. The predicted octanol–water partition coefficient (Wildman–Crippen LogP) is 1.17. The zero-order chi connectivity index (χ0) is 13.2. The van der Waals surface area contributed by atoms with Crippen molar-refractivity contribution in [3.63, 3.8) is 0 Å². The molecule has 0 unspecified atom stereocenters. The maximum atomic E-state index is 11.2. The van der Waals surface area contributed by atoms with Gasteiger partial charge in [0, 0.05) is 19.0 Å². The number of nitrogens with two attached hydrogens (primary N) is 2. The summed E-state index contributed by atoms with van der Waals surface area (Å²) < 4.78 is 0. The second-order valence-electron chi connectivity index (χ2n) is 5.95. The minimum atomic E-state index is -0.229. The van der Waals surface area contributed by atoms with E-state index in [1.807, 2.05) is 0 Å². The summed E-state index contributed by atoms with van der Waals surface area (Å²) in [6.07, 6.45) is 8.07. The van der Waals surface area contributed by atoms with E-state index >= 15 is 0 Å². The van der Waals surface area contributed by atoms with E-state index in [0.29, 0.717) is 17.6 Å². The third kappa shape index (κ3) is 3.65. The number of hydrogen-bond donors (Lipinski definition) is 2. The standard InChI is InChI=1S/C13H23N3OS/c14-11(17)8-16(10-3-1-2-4-10)9-13(5-6-13)7-12(15)18/h10H,1-9H2,(H2,14,17)(H2,15,18). The number of rotatable bonds is 7. The lowest BCUT2D eigenvalue weighted by Crippen LogP contribution is -2.43. The van der Waals surface area contributed by atoms with Crippen LogP contribution in [0.4, 0.5) is 0 Å². The molecule has 2 aliphatic rings. The summed E-state index contributed by atoms with van der Waals surface area (Å²) in [5.74, 6) is -0.229. The average Bonchev–Trinajstić information content (AvgIpc) is 2.80. The first-order valence-electron chi connectivity index (χ1n) is 6.81. The number of carbonyl (C=O) groups is 1. The second-order valence-corrected chi connectivity index (χ2v) is 6.48. The molecule has 4 nitrogen and oxygen atoms in total. The minimum Gasteiger partial charge on any atom is -0.393 e. The molecule has 0 saturated heterocycles. The minimum absolute atomic E-state index is 0.229. The fourth-order valence-corrected chi connectivity index (χ4v) is 3.46. The Bertz CT molecular complexity index is 335. The van der Waals surface area contributed by atoms with Gasteiger partial charge in [-0.2, -0.15) is 0 Å². The average molecular weight is 269 g/mol. The first kappa shape index (κ1) is 13.7. The molecule has 0 aromatic carbocycles. The number of primary amides is 1. The quantitative estimate of drug-likeness (QED) is 0.681. The molecule has 0 atom stereocenters. The van der Waals surface area contributed by atoms with Crippen LogP contribution in [0.5, 0.6) is 0 Å². The Hall–Kier alpha value is -0.680. The number of hydrogen-bond acceptors (Lipinski definition) is 3. The fraction of sp³-hybridized carbons (Fsp3) is 0.846. The molecule has 0 heterocycles. The summed E-state index contributed by atoms with van der Waals surface area (Å²) in [4.78, 5) is 14.1. The molecule has 0 radical (unpaired) electrons. The Balaban J connectivity index is 1.96. The van der Waals surface area contributed by atoms with Gasteiger partial charge < -0.3 is 11.5 Å². The summed E-state index contributed by atoms with van der Waals surface area (Å²) in [6, 6.07) is 0.529. The molecule has 18 heavy (non-hydrogen) atoms. The number of thiocarbonyl (C=S) groups is 1. The third-order valence-electron chi connectivity index (χ3n) is 4.24. The Labute approximate surface area is 114 Å². The molecule has 4 N–H and O–H groups in total. The van der Waals surface area contributed by atoms with Gasteiger partial charge in [-0.3, -0.25) is 9.69 Å². The van der Waals surface area contributed by atoms with E-state index in [0.717, 1.165) is 13.0 Å². The molecule has 2 aliphatic carbocycles. The zero-order valence-electron chi connectivity index (χ0n) is 10.9. The van der Waals surface area contributed by atoms with Crippen LogP contribution in [0.1, 0.15) is 44.9 Å². The molecular formula is C13H23N3OS. The van der Waals surface area contributed by atoms with Crippen molar-refractivity contribution in [3.05, 3.63) is 0 Å². The summed E-state index contributed by atoms with van der Waals surface area (Å²) in [5, 5.41) is 0. The van der Waals surface area contributed by atoms with Crippen LogP contribution in [0.2, 0.25) is 0 Å². The van der Waals surface area contributed by atoms with E-state index in [4.69, 9.17) is 23.7 Å². The van der Waals surface area contributed by atoms with Crippen molar-refractivity contribution in [3.8, 4) is 0 Å². The maximum absolute atomic E-state index is 11.2. The van der Waals surface area contributed by atoms with Gasteiger partial charge in [0.1, 0.15) is 0 Å². The van der Waals surface area contributed by atoms with Crippen LogP contribution in [0.15, 0.2) is 0 Å². The lowest BCUT2D eigenvalue weighted by molar-refractivity contribution is -0.119. The molecule has 0 aromatic rings. The van der Waals surface area contributed by atoms with Gasteiger partial charge in [0.25, 0.3) is 0 Å². The smallest absolute Gasteiger partial charge is 0.231 e. The van der Waals surface area contributed by atoms with E-state index < -0.39 is 0 Å². The highest BCUT2D eigenvalue weighted by Gasteiger charge is 2.45. The topological polar surface area (TPSA) is 72.4 Å². The molecule has 2 rings (SSSR count). The molecule has 5 heteroatoms. The Morgan fingerprint density at radius 3 is 2.33 bits per heavy atom. The third-order valence-corrected chi connectivity index (χ3v) is 4.39. The molecule has 102 valence electrons. The van der Waals surface area contributed by atoms with Gasteiger partial charge in [-0.15, -0.1) is 0 Å². The van der Waals surface area contributed by atoms with Crippen LogP contribution in [-0.2, 0) is 4.79 Å². The Morgan fingerprint density at radius 2 is 1.89 bits per heavy atom. The molecule has 2 fully saturated rings. The molecule has 0 spiro atoms. The predicted molar refractivity (Wildman–Crippen MR) is 76.1 cm³/mol. The van der Waals surface area contributed by atoms with Crippen LogP contribution in [-0.4, -0.2) is 34.9 Å². The van der Waals surface area contributed by atoms with Crippen molar-refractivity contribution in [1.29, 1.82) is 0 Å². The zero-order valence-corrected chi connectivity index (χ0v) is 11.7. The molecule has 0 bridgehead atoms. The van der Waals surface area contributed by atoms with Crippen molar-refractivity contribution in [1.82, 2.24) is 4.90 Å². The molecule has 0 aromatic heterocycles. The van der Waals surface area contributed by atoms with Gasteiger partial charge in [0.05, 0.1) is 11.5 Å². The van der Waals surface area contributed by atoms with Crippen molar-refractivity contribution in [2.45, 2.75) is 51.0 Å². The van der Waals surface area contributed by atoms with E-state index in [-0.39, 0.29) is 11.3 Å². The molecular weight excluding hydrogens is 246 g/mol.